The van der Waals surface area contributed by atoms with Gasteiger partial charge in [0.2, 0.25) is 0 Å². The van der Waals surface area contributed by atoms with Crippen LogP contribution in [0.5, 0.6) is 0 Å². The Hall–Kier alpha value is -1.84. The Kier molecular flexibility index (Phi) is 3.24. The van der Waals surface area contributed by atoms with Gasteiger partial charge in [0.15, 0.2) is 0 Å². The van der Waals surface area contributed by atoms with E-state index in [1.165, 1.54) is 25.7 Å². The molecule has 0 radical (unpaired) electrons. The first-order chi connectivity index (χ1) is 9.53. The number of hydrogen-bond donors (Lipinski definition) is 2. The van der Waals surface area contributed by atoms with Crippen molar-refractivity contribution in [1.82, 2.24) is 9.97 Å². The van der Waals surface area contributed by atoms with Gasteiger partial charge < -0.3 is 11.1 Å². The number of hydrogen-bond acceptors (Lipinski definition) is 4. The van der Waals surface area contributed by atoms with Crippen LogP contribution in [0.3, 0.4) is 0 Å². The maximum Gasteiger partial charge on any atom is 0.137 e. The fourth-order valence-electron chi connectivity index (χ4n) is 3.20. The van der Waals surface area contributed by atoms with E-state index in [1.54, 1.807) is 6.33 Å². The Morgan fingerprint density at radius 3 is 2.95 bits per heavy atom. The topological polar surface area (TPSA) is 63.8 Å². The summed E-state index contributed by atoms with van der Waals surface area (Å²) in [5.74, 6) is 0.928. The fourth-order valence-corrected chi connectivity index (χ4v) is 3.20. The summed E-state index contributed by atoms with van der Waals surface area (Å²) in [6, 6.07) is 6.30. The highest BCUT2D eigenvalue weighted by Crippen LogP contribution is 2.36. The van der Waals surface area contributed by atoms with E-state index in [0.29, 0.717) is 11.5 Å². The Labute approximate surface area is 119 Å². The predicted molar refractivity (Wildman–Crippen MR) is 83.6 cm³/mol. The minimum atomic E-state index is 0.420. The van der Waals surface area contributed by atoms with E-state index < -0.39 is 0 Å². The van der Waals surface area contributed by atoms with E-state index in [-0.39, 0.29) is 0 Å². The van der Waals surface area contributed by atoms with Gasteiger partial charge in [-0.1, -0.05) is 20.3 Å². The molecule has 1 heterocycles. The standard InChI is InChI=1S/C16H22N4/c1-16(2)7-3-4-12(9-16)20-15-13-6-5-11(17)8-14(13)18-10-19-15/h5-6,8,10,12H,3-4,7,9,17H2,1-2H3,(H,18,19,20). The van der Waals surface area contributed by atoms with E-state index in [1.807, 2.05) is 18.2 Å². The third-order valence-corrected chi connectivity index (χ3v) is 4.21. The molecule has 106 valence electrons. The summed E-state index contributed by atoms with van der Waals surface area (Å²) in [7, 11) is 0. The number of nitrogens with zero attached hydrogens (tertiary/aromatic N) is 2. The third-order valence-electron chi connectivity index (χ3n) is 4.21. The summed E-state index contributed by atoms with van der Waals surface area (Å²) >= 11 is 0. The molecule has 2 aromatic rings. The zero-order chi connectivity index (χ0) is 14.2. The highest BCUT2D eigenvalue weighted by atomic mass is 15.0. The van der Waals surface area contributed by atoms with Gasteiger partial charge in [-0.25, -0.2) is 9.97 Å². The lowest BCUT2D eigenvalue weighted by Crippen LogP contribution is -2.32. The summed E-state index contributed by atoms with van der Waals surface area (Å²) < 4.78 is 0. The van der Waals surface area contributed by atoms with Crippen LogP contribution in [0, 0.1) is 5.41 Å². The monoisotopic (exact) mass is 270 g/mol. The van der Waals surface area contributed by atoms with Crippen LogP contribution >= 0.6 is 0 Å². The molecule has 1 aromatic heterocycles. The van der Waals surface area contributed by atoms with Crippen LogP contribution in [-0.2, 0) is 0 Å². The molecule has 3 rings (SSSR count). The van der Waals surface area contributed by atoms with Crippen molar-refractivity contribution >= 4 is 22.4 Å². The molecule has 1 atom stereocenters. The minimum Gasteiger partial charge on any atom is -0.399 e. The lowest BCUT2D eigenvalue weighted by molar-refractivity contribution is 0.229. The summed E-state index contributed by atoms with van der Waals surface area (Å²) in [5, 5.41) is 4.65. The quantitative estimate of drug-likeness (QED) is 0.818. The first kappa shape index (κ1) is 13.2. The SMILES string of the molecule is CC1(C)CCCC(Nc2ncnc3cc(N)ccc23)C1. The highest BCUT2D eigenvalue weighted by molar-refractivity contribution is 5.90. The smallest absolute Gasteiger partial charge is 0.137 e. The van der Waals surface area contributed by atoms with Crippen molar-refractivity contribution in [3.05, 3.63) is 24.5 Å². The zero-order valence-electron chi connectivity index (χ0n) is 12.2. The van der Waals surface area contributed by atoms with Gasteiger partial charge in [0, 0.05) is 17.1 Å². The van der Waals surface area contributed by atoms with Gasteiger partial charge in [-0.2, -0.15) is 0 Å². The Balaban J connectivity index is 1.87. The second-order valence-corrected chi connectivity index (χ2v) is 6.60. The lowest BCUT2D eigenvalue weighted by atomic mass is 9.75. The molecule has 0 amide bonds. The van der Waals surface area contributed by atoms with E-state index in [2.05, 4.69) is 29.1 Å². The molecule has 0 spiro atoms. The zero-order valence-corrected chi connectivity index (χ0v) is 12.2. The van der Waals surface area contributed by atoms with Crippen molar-refractivity contribution in [3.8, 4) is 0 Å². The summed E-state index contributed by atoms with van der Waals surface area (Å²) in [4.78, 5) is 8.71. The number of anilines is 2. The summed E-state index contributed by atoms with van der Waals surface area (Å²) in [5.41, 5.74) is 7.87. The number of nitrogens with one attached hydrogen (secondary N) is 1. The minimum absolute atomic E-state index is 0.420. The Morgan fingerprint density at radius 2 is 2.15 bits per heavy atom. The first-order valence-electron chi connectivity index (χ1n) is 7.30. The van der Waals surface area contributed by atoms with Gasteiger partial charge in [-0.15, -0.1) is 0 Å². The van der Waals surface area contributed by atoms with Gasteiger partial charge in [0.05, 0.1) is 5.52 Å². The molecule has 4 heteroatoms. The van der Waals surface area contributed by atoms with E-state index in [0.717, 1.165) is 22.4 Å². The van der Waals surface area contributed by atoms with Crippen molar-refractivity contribution in [3.63, 3.8) is 0 Å². The van der Waals surface area contributed by atoms with Crippen molar-refractivity contribution in [2.24, 2.45) is 5.41 Å². The molecular formula is C16H22N4. The predicted octanol–water partition coefficient (Wildman–Crippen LogP) is 3.59. The molecule has 4 nitrogen and oxygen atoms in total. The Bertz CT molecular complexity index is 621. The van der Waals surface area contributed by atoms with Crippen LogP contribution in [0.1, 0.15) is 39.5 Å². The summed E-state index contributed by atoms with van der Waals surface area (Å²) in [6.07, 6.45) is 6.60. The maximum atomic E-state index is 5.81. The van der Waals surface area contributed by atoms with Gasteiger partial charge in [-0.05, 0) is 42.9 Å². The van der Waals surface area contributed by atoms with Crippen LogP contribution in [0.15, 0.2) is 24.5 Å². The average molecular weight is 270 g/mol. The number of benzene rings is 1. The fraction of sp³-hybridized carbons (Fsp3) is 0.500. The average Bonchev–Trinajstić information content (AvgIpc) is 2.37. The van der Waals surface area contributed by atoms with Crippen LogP contribution in [0.4, 0.5) is 11.5 Å². The number of aromatic nitrogens is 2. The van der Waals surface area contributed by atoms with E-state index in [4.69, 9.17) is 5.73 Å². The van der Waals surface area contributed by atoms with Crippen LogP contribution in [-0.4, -0.2) is 16.0 Å². The third kappa shape index (κ3) is 2.69. The largest absolute Gasteiger partial charge is 0.399 e. The van der Waals surface area contributed by atoms with Crippen molar-refractivity contribution < 1.29 is 0 Å². The van der Waals surface area contributed by atoms with E-state index in [9.17, 15) is 0 Å². The van der Waals surface area contributed by atoms with Gasteiger partial charge >= 0.3 is 0 Å². The molecular weight excluding hydrogens is 248 g/mol. The highest BCUT2D eigenvalue weighted by Gasteiger charge is 2.28. The van der Waals surface area contributed by atoms with Crippen molar-refractivity contribution in [2.75, 3.05) is 11.1 Å². The van der Waals surface area contributed by atoms with Gasteiger partial charge in [-0.3, -0.25) is 0 Å². The van der Waals surface area contributed by atoms with Crippen LogP contribution < -0.4 is 11.1 Å². The first-order valence-corrected chi connectivity index (χ1v) is 7.30. The molecule has 3 N–H and O–H groups in total. The normalized spacial score (nSPS) is 21.8. The molecule has 1 unspecified atom stereocenters. The van der Waals surface area contributed by atoms with Gasteiger partial charge in [0.1, 0.15) is 12.1 Å². The van der Waals surface area contributed by atoms with Crippen molar-refractivity contribution in [1.29, 1.82) is 0 Å². The Morgan fingerprint density at radius 1 is 1.30 bits per heavy atom. The molecule has 0 bridgehead atoms. The molecule has 20 heavy (non-hydrogen) atoms. The molecule has 1 aliphatic carbocycles. The van der Waals surface area contributed by atoms with Crippen LogP contribution in [0.2, 0.25) is 0 Å². The van der Waals surface area contributed by atoms with E-state index >= 15 is 0 Å². The lowest BCUT2D eigenvalue weighted by Gasteiger charge is -2.35. The van der Waals surface area contributed by atoms with Gasteiger partial charge in [0.25, 0.3) is 0 Å². The molecule has 1 aliphatic rings. The second kappa shape index (κ2) is 4.93. The number of rotatable bonds is 2. The summed E-state index contributed by atoms with van der Waals surface area (Å²) in [6.45, 7) is 4.69. The van der Waals surface area contributed by atoms with Crippen molar-refractivity contribution in [2.45, 2.75) is 45.6 Å². The molecule has 1 aromatic carbocycles. The van der Waals surface area contributed by atoms with Crippen LogP contribution in [0.25, 0.3) is 10.9 Å². The second-order valence-electron chi connectivity index (χ2n) is 6.60. The number of nitrogen functional groups attached to an aromatic ring is 1. The molecule has 0 saturated heterocycles. The molecule has 0 aliphatic heterocycles. The molecule has 1 fully saturated rings. The maximum absolute atomic E-state index is 5.81. The number of nitrogens with two attached hydrogens (primary N) is 1. The number of fused-ring (bicyclic) bond motifs is 1. The molecule has 1 saturated carbocycles.